The summed E-state index contributed by atoms with van der Waals surface area (Å²) in [6, 6.07) is 16.0. The summed E-state index contributed by atoms with van der Waals surface area (Å²) in [5.41, 5.74) is 3.13. The van der Waals surface area contributed by atoms with Crippen molar-refractivity contribution in [2.75, 3.05) is 32.8 Å². The van der Waals surface area contributed by atoms with Gasteiger partial charge in [0.05, 0.1) is 29.8 Å². The van der Waals surface area contributed by atoms with E-state index in [-0.39, 0.29) is 17.4 Å². The molecule has 0 saturated carbocycles. The van der Waals surface area contributed by atoms with Gasteiger partial charge in [0.1, 0.15) is 0 Å². The fourth-order valence-electron chi connectivity index (χ4n) is 3.48. The number of hydrogen-bond acceptors (Lipinski definition) is 3. The van der Waals surface area contributed by atoms with E-state index in [0.29, 0.717) is 17.1 Å². The average molecular weight is 401 g/mol. The van der Waals surface area contributed by atoms with Crippen LogP contribution in [0.25, 0.3) is 0 Å². The monoisotopic (exact) mass is 400 g/mol. The third-order valence-electron chi connectivity index (χ3n) is 5.22. The maximum absolute atomic E-state index is 12.6. The van der Waals surface area contributed by atoms with Crippen LogP contribution in [-0.2, 0) is 10.2 Å². The first-order valence-corrected chi connectivity index (χ1v) is 10.2. The lowest BCUT2D eigenvalue weighted by Crippen LogP contribution is -2.43. The van der Waals surface area contributed by atoms with Gasteiger partial charge in [0, 0.05) is 19.6 Å². The van der Waals surface area contributed by atoms with Crippen LogP contribution in [0.4, 0.5) is 0 Å². The summed E-state index contributed by atoms with van der Waals surface area (Å²) in [6.07, 6.45) is 0. The second-order valence-corrected chi connectivity index (χ2v) is 8.63. The average Bonchev–Trinajstić information content (AvgIpc) is 2.69. The molecule has 0 aromatic heterocycles. The number of halogens is 1. The molecule has 2 aromatic carbocycles. The van der Waals surface area contributed by atoms with Gasteiger partial charge in [-0.15, -0.1) is 0 Å². The van der Waals surface area contributed by atoms with Crippen LogP contribution < -0.4 is 5.32 Å². The number of ether oxygens (including phenoxy) is 1. The minimum absolute atomic E-state index is 0.101. The van der Waals surface area contributed by atoms with E-state index >= 15 is 0 Å². The number of benzene rings is 2. The van der Waals surface area contributed by atoms with Gasteiger partial charge >= 0.3 is 0 Å². The lowest BCUT2D eigenvalue weighted by atomic mass is 9.86. The van der Waals surface area contributed by atoms with E-state index in [1.807, 2.05) is 12.1 Å². The molecular weight excluding hydrogens is 372 g/mol. The van der Waals surface area contributed by atoms with Crippen LogP contribution in [0.15, 0.2) is 48.5 Å². The number of hydrogen-bond donors (Lipinski definition) is 1. The van der Waals surface area contributed by atoms with Gasteiger partial charge in [-0.2, -0.15) is 0 Å². The van der Waals surface area contributed by atoms with Crippen molar-refractivity contribution in [2.45, 2.75) is 32.2 Å². The molecule has 1 amide bonds. The molecule has 0 unspecified atom stereocenters. The summed E-state index contributed by atoms with van der Waals surface area (Å²) in [6.45, 7) is 10.3. The molecular formula is C23H29ClN2O2. The molecule has 3 rings (SSSR count). The topological polar surface area (TPSA) is 41.6 Å². The minimum Gasteiger partial charge on any atom is -0.379 e. The van der Waals surface area contributed by atoms with Crippen LogP contribution in [-0.4, -0.2) is 43.7 Å². The number of nitrogens with one attached hydrogen (secondary N) is 1. The van der Waals surface area contributed by atoms with Gasteiger partial charge in [0.25, 0.3) is 5.91 Å². The zero-order valence-electron chi connectivity index (χ0n) is 16.9. The van der Waals surface area contributed by atoms with E-state index < -0.39 is 0 Å². The molecule has 1 heterocycles. The molecule has 5 heteroatoms. The van der Waals surface area contributed by atoms with Gasteiger partial charge in [-0.1, -0.05) is 68.8 Å². The molecule has 1 saturated heterocycles. The summed E-state index contributed by atoms with van der Waals surface area (Å²) >= 11 is 6.17. The molecule has 1 aliphatic heterocycles. The number of nitrogens with zero attached hydrogens (tertiary/aromatic N) is 1. The highest BCUT2D eigenvalue weighted by Crippen LogP contribution is 2.27. The lowest BCUT2D eigenvalue weighted by Gasteiger charge is -2.35. The molecule has 0 bridgehead atoms. The van der Waals surface area contributed by atoms with Gasteiger partial charge in [0.15, 0.2) is 0 Å². The van der Waals surface area contributed by atoms with Crippen molar-refractivity contribution >= 4 is 17.5 Å². The van der Waals surface area contributed by atoms with Gasteiger partial charge in [0.2, 0.25) is 0 Å². The van der Waals surface area contributed by atoms with Crippen molar-refractivity contribution in [3.8, 4) is 0 Å². The van der Waals surface area contributed by atoms with Crippen molar-refractivity contribution in [3.05, 3.63) is 70.2 Å². The lowest BCUT2D eigenvalue weighted by molar-refractivity contribution is 0.0162. The summed E-state index contributed by atoms with van der Waals surface area (Å²) < 4.78 is 5.51. The molecule has 1 atom stereocenters. The Labute approximate surface area is 172 Å². The SMILES string of the molecule is CC(C)(C)c1ccc([C@@H](CNC(=O)c2ccccc2Cl)N2CCOCC2)cc1. The Hall–Kier alpha value is -1.88. The maximum Gasteiger partial charge on any atom is 0.252 e. The first kappa shape index (κ1) is 20.8. The third-order valence-corrected chi connectivity index (χ3v) is 5.55. The first-order valence-electron chi connectivity index (χ1n) is 9.81. The summed E-state index contributed by atoms with van der Waals surface area (Å²) in [7, 11) is 0. The highest BCUT2D eigenvalue weighted by Gasteiger charge is 2.24. The highest BCUT2D eigenvalue weighted by atomic mass is 35.5. The molecule has 150 valence electrons. The zero-order chi connectivity index (χ0) is 20.1. The third kappa shape index (κ3) is 5.13. The van der Waals surface area contributed by atoms with E-state index in [1.165, 1.54) is 11.1 Å². The van der Waals surface area contributed by atoms with Crippen LogP contribution in [0.5, 0.6) is 0 Å². The van der Waals surface area contributed by atoms with Crippen molar-refractivity contribution in [2.24, 2.45) is 0 Å². The Kier molecular flexibility index (Phi) is 6.76. The van der Waals surface area contributed by atoms with Crippen LogP contribution in [0.1, 0.15) is 48.3 Å². The Morgan fingerprint density at radius 3 is 2.36 bits per heavy atom. The smallest absolute Gasteiger partial charge is 0.252 e. The number of rotatable bonds is 5. The van der Waals surface area contributed by atoms with Gasteiger partial charge in [-0.05, 0) is 28.7 Å². The molecule has 2 aromatic rings. The molecule has 1 aliphatic rings. The summed E-state index contributed by atoms with van der Waals surface area (Å²) in [5, 5.41) is 3.54. The van der Waals surface area contributed by atoms with E-state index in [4.69, 9.17) is 16.3 Å². The number of morpholine rings is 1. The quantitative estimate of drug-likeness (QED) is 0.806. The number of amides is 1. The normalized spacial score (nSPS) is 16.6. The summed E-state index contributed by atoms with van der Waals surface area (Å²) in [4.78, 5) is 15.0. The predicted molar refractivity (Wildman–Crippen MR) is 114 cm³/mol. The van der Waals surface area contributed by atoms with E-state index in [9.17, 15) is 4.79 Å². The number of carbonyl (C=O) groups excluding carboxylic acids is 1. The highest BCUT2D eigenvalue weighted by molar-refractivity contribution is 6.33. The van der Waals surface area contributed by atoms with Crippen molar-refractivity contribution in [3.63, 3.8) is 0 Å². The maximum atomic E-state index is 12.6. The van der Waals surface area contributed by atoms with Gasteiger partial charge in [-0.3, -0.25) is 9.69 Å². The molecule has 1 fully saturated rings. The standard InChI is InChI=1S/C23H29ClN2O2/c1-23(2,3)18-10-8-17(9-11-18)21(26-12-14-28-15-13-26)16-25-22(27)19-6-4-5-7-20(19)24/h4-11,21H,12-16H2,1-3H3,(H,25,27)/t21-/m1/s1. The van der Waals surface area contributed by atoms with E-state index in [1.54, 1.807) is 12.1 Å². The first-order chi connectivity index (χ1) is 13.4. The van der Waals surface area contributed by atoms with Crippen LogP contribution in [0.3, 0.4) is 0 Å². The molecule has 0 aliphatic carbocycles. The largest absolute Gasteiger partial charge is 0.379 e. The van der Waals surface area contributed by atoms with Crippen LogP contribution in [0, 0.1) is 0 Å². The Morgan fingerprint density at radius 2 is 1.75 bits per heavy atom. The second kappa shape index (κ2) is 9.08. The zero-order valence-corrected chi connectivity index (χ0v) is 17.6. The fraction of sp³-hybridized carbons (Fsp3) is 0.435. The summed E-state index contributed by atoms with van der Waals surface area (Å²) in [5.74, 6) is -0.143. The predicted octanol–water partition coefficient (Wildman–Crippen LogP) is 4.44. The van der Waals surface area contributed by atoms with Crippen molar-refractivity contribution in [1.82, 2.24) is 10.2 Å². The van der Waals surface area contributed by atoms with Gasteiger partial charge in [-0.25, -0.2) is 0 Å². The molecule has 0 radical (unpaired) electrons. The minimum atomic E-state index is -0.143. The molecule has 1 N–H and O–H groups in total. The van der Waals surface area contributed by atoms with Crippen molar-refractivity contribution < 1.29 is 9.53 Å². The Morgan fingerprint density at radius 1 is 1.11 bits per heavy atom. The fourth-order valence-corrected chi connectivity index (χ4v) is 3.70. The number of carbonyl (C=O) groups is 1. The van der Waals surface area contributed by atoms with Crippen molar-refractivity contribution in [1.29, 1.82) is 0 Å². The Balaban J connectivity index is 1.77. The van der Waals surface area contributed by atoms with Crippen LogP contribution >= 0.6 is 11.6 Å². The molecule has 28 heavy (non-hydrogen) atoms. The van der Waals surface area contributed by atoms with Crippen LogP contribution in [0.2, 0.25) is 5.02 Å². The molecule has 4 nitrogen and oxygen atoms in total. The van der Waals surface area contributed by atoms with Gasteiger partial charge < -0.3 is 10.1 Å². The molecule has 0 spiro atoms. The Bertz CT molecular complexity index is 793. The second-order valence-electron chi connectivity index (χ2n) is 8.23. The van der Waals surface area contributed by atoms with E-state index in [2.05, 4.69) is 55.3 Å². The van der Waals surface area contributed by atoms with E-state index in [0.717, 1.165) is 26.3 Å².